The fourth-order valence-electron chi connectivity index (χ4n) is 2.06. The smallest absolute Gasteiger partial charge is 0.276 e. The number of benzene rings is 1. The monoisotopic (exact) mass is 285 g/mol. The normalized spacial score (nSPS) is 10.7. The number of aromatic amines is 1. The number of hydrogen-bond acceptors (Lipinski definition) is 2. The van der Waals surface area contributed by atoms with Gasteiger partial charge in [-0.25, -0.2) is 9.67 Å². The van der Waals surface area contributed by atoms with Gasteiger partial charge in [0.05, 0.1) is 0 Å². The van der Waals surface area contributed by atoms with E-state index in [1.807, 2.05) is 36.4 Å². The Balaban J connectivity index is 1.94. The van der Waals surface area contributed by atoms with Crippen LogP contribution in [-0.2, 0) is 6.42 Å². The highest BCUT2D eigenvalue weighted by molar-refractivity contribution is 6.30. The third-order valence-corrected chi connectivity index (χ3v) is 3.24. The van der Waals surface area contributed by atoms with Crippen molar-refractivity contribution in [3.8, 4) is 5.82 Å². The summed E-state index contributed by atoms with van der Waals surface area (Å²) in [4.78, 5) is 16.5. The van der Waals surface area contributed by atoms with Gasteiger partial charge < -0.3 is 0 Å². The van der Waals surface area contributed by atoms with E-state index < -0.39 is 0 Å². The van der Waals surface area contributed by atoms with Gasteiger partial charge in [-0.2, -0.15) is 0 Å². The van der Waals surface area contributed by atoms with Crippen molar-refractivity contribution < 1.29 is 0 Å². The molecule has 0 amide bonds. The minimum atomic E-state index is -0.0938. The van der Waals surface area contributed by atoms with E-state index in [2.05, 4.69) is 10.1 Å². The third kappa shape index (κ3) is 2.51. The fourth-order valence-corrected chi connectivity index (χ4v) is 2.27. The number of H-pyrrole nitrogens is 1. The zero-order chi connectivity index (χ0) is 13.9. The number of nitrogens with zero attached hydrogens (tertiary/aromatic N) is 2. The van der Waals surface area contributed by atoms with Gasteiger partial charge in [-0.15, -0.1) is 0 Å². The molecule has 0 bridgehead atoms. The Labute approximate surface area is 120 Å². The Morgan fingerprint density at radius 1 is 1.20 bits per heavy atom. The van der Waals surface area contributed by atoms with Crippen LogP contribution >= 0.6 is 11.6 Å². The van der Waals surface area contributed by atoms with Crippen LogP contribution in [0.5, 0.6) is 0 Å². The van der Waals surface area contributed by atoms with E-state index in [1.54, 1.807) is 18.5 Å². The Morgan fingerprint density at radius 2 is 2.10 bits per heavy atom. The lowest BCUT2D eigenvalue weighted by Gasteiger charge is -1.99. The summed E-state index contributed by atoms with van der Waals surface area (Å²) in [5.41, 5.74) is 1.59. The average Bonchev–Trinajstić information content (AvgIpc) is 2.81. The maximum Gasteiger partial charge on any atom is 0.276 e. The Bertz CT molecular complexity index is 777. The maximum absolute atomic E-state index is 12.3. The molecular formula is C15H12ClN3O. The van der Waals surface area contributed by atoms with Crippen LogP contribution in [0.4, 0.5) is 0 Å². The second kappa shape index (κ2) is 5.35. The van der Waals surface area contributed by atoms with Gasteiger partial charge in [0.25, 0.3) is 5.56 Å². The van der Waals surface area contributed by atoms with Crippen LogP contribution in [-0.4, -0.2) is 14.8 Å². The van der Waals surface area contributed by atoms with E-state index in [4.69, 9.17) is 11.6 Å². The lowest BCUT2D eigenvalue weighted by molar-refractivity contribution is 0.817. The number of rotatable bonds is 3. The van der Waals surface area contributed by atoms with Crippen molar-refractivity contribution in [1.82, 2.24) is 14.8 Å². The Hall–Kier alpha value is -2.33. The van der Waals surface area contributed by atoms with Crippen molar-refractivity contribution in [3.05, 3.63) is 81.4 Å². The van der Waals surface area contributed by atoms with Gasteiger partial charge in [-0.3, -0.25) is 9.89 Å². The number of halogens is 1. The van der Waals surface area contributed by atoms with E-state index in [9.17, 15) is 4.79 Å². The largest absolute Gasteiger partial charge is 0.296 e. The molecule has 0 fully saturated rings. The van der Waals surface area contributed by atoms with Gasteiger partial charge in [0.1, 0.15) is 0 Å². The molecule has 2 heterocycles. The fraction of sp³-hybridized carbons (Fsp3) is 0.0667. The minimum Gasteiger partial charge on any atom is -0.296 e. The molecule has 2 aromatic heterocycles. The maximum atomic E-state index is 12.3. The van der Waals surface area contributed by atoms with Crippen molar-refractivity contribution >= 4 is 11.6 Å². The topological polar surface area (TPSA) is 50.7 Å². The SMILES string of the molecule is O=c1c(Cc2cccc(Cl)c2)c[nH]n1-c1ccccn1. The van der Waals surface area contributed by atoms with Crippen LogP contribution in [0.1, 0.15) is 11.1 Å². The predicted octanol–water partition coefficient (Wildman–Crippen LogP) is 2.80. The van der Waals surface area contributed by atoms with Crippen LogP contribution in [0.15, 0.2) is 59.7 Å². The molecule has 0 saturated heterocycles. The molecular weight excluding hydrogens is 274 g/mol. The highest BCUT2D eigenvalue weighted by atomic mass is 35.5. The highest BCUT2D eigenvalue weighted by Crippen LogP contribution is 2.13. The summed E-state index contributed by atoms with van der Waals surface area (Å²) in [6.45, 7) is 0. The summed E-state index contributed by atoms with van der Waals surface area (Å²) < 4.78 is 1.43. The van der Waals surface area contributed by atoms with E-state index in [0.29, 0.717) is 22.8 Å². The van der Waals surface area contributed by atoms with Crippen molar-refractivity contribution in [1.29, 1.82) is 0 Å². The minimum absolute atomic E-state index is 0.0938. The average molecular weight is 286 g/mol. The highest BCUT2D eigenvalue weighted by Gasteiger charge is 2.09. The molecule has 1 aromatic carbocycles. The molecule has 3 rings (SSSR count). The van der Waals surface area contributed by atoms with Gasteiger partial charge in [0.2, 0.25) is 0 Å². The second-order valence-corrected chi connectivity index (χ2v) is 4.87. The molecule has 20 heavy (non-hydrogen) atoms. The first kappa shape index (κ1) is 12.7. The summed E-state index contributed by atoms with van der Waals surface area (Å²) in [6, 6.07) is 12.9. The van der Waals surface area contributed by atoms with E-state index in [-0.39, 0.29) is 5.56 Å². The quantitative estimate of drug-likeness (QED) is 0.804. The van der Waals surface area contributed by atoms with Crippen LogP contribution in [0.25, 0.3) is 5.82 Å². The zero-order valence-corrected chi connectivity index (χ0v) is 11.3. The Kier molecular flexibility index (Phi) is 3.39. The first-order valence-electron chi connectivity index (χ1n) is 6.19. The van der Waals surface area contributed by atoms with Crippen LogP contribution in [0, 0.1) is 0 Å². The van der Waals surface area contributed by atoms with E-state index in [0.717, 1.165) is 5.56 Å². The molecule has 4 nitrogen and oxygen atoms in total. The van der Waals surface area contributed by atoms with Gasteiger partial charge in [0.15, 0.2) is 5.82 Å². The van der Waals surface area contributed by atoms with Crippen LogP contribution in [0.2, 0.25) is 5.02 Å². The number of pyridine rings is 1. The van der Waals surface area contributed by atoms with Gasteiger partial charge in [-0.1, -0.05) is 29.8 Å². The lowest BCUT2D eigenvalue weighted by Crippen LogP contribution is -2.18. The van der Waals surface area contributed by atoms with Crippen molar-refractivity contribution in [2.24, 2.45) is 0 Å². The first-order valence-corrected chi connectivity index (χ1v) is 6.57. The zero-order valence-electron chi connectivity index (χ0n) is 10.6. The van der Waals surface area contributed by atoms with Crippen molar-refractivity contribution in [2.45, 2.75) is 6.42 Å². The molecule has 0 atom stereocenters. The molecule has 0 aliphatic heterocycles. The molecule has 3 aromatic rings. The number of nitrogens with one attached hydrogen (secondary N) is 1. The van der Waals surface area contributed by atoms with Crippen molar-refractivity contribution in [2.75, 3.05) is 0 Å². The summed E-state index contributed by atoms with van der Waals surface area (Å²) in [7, 11) is 0. The van der Waals surface area contributed by atoms with E-state index in [1.165, 1.54) is 4.68 Å². The van der Waals surface area contributed by atoms with E-state index >= 15 is 0 Å². The molecule has 0 unspecified atom stereocenters. The Morgan fingerprint density at radius 3 is 2.85 bits per heavy atom. The molecule has 0 aliphatic carbocycles. The summed E-state index contributed by atoms with van der Waals surface area (Å²) in [5.74, 6) is 0.579. The summed E-state index contributed by atoms with van der Waals surface area (Å²) >= 11 is 5.95. The standard InChI is InChI=1S/C15H12ClN3O/c16-13-5-3-4-11(9-13)8-12-10-18-19(15(12)20)14-6-1-2-7-17-14/h1-7,9-10,18H,8H2. The molecule has 0 saturated carbocycles. The molecule has 100 valence electrons. The summed E-state index contributed by atoms with van der Waals surface area (Å²) in [6.07, 6.45) is 3.90. The third-order valence-electron chi connectivity index (χ3n) is 3.01. The van der Waals surface area contributed by atoms with Crippen molar-refractivity contribution in [3.63, 3.8) is 0 Å². The molecule has 1 N–H and O–H groups in total. The van der Waals surface area contributed by atoms with Gasteiger partial charge in [0, 0.05) is 29.4 Å². The first-order chi connectivity index (χ1) is 9.74. The molecule has 0 aliphatic rings. The van der Waals surface area contributed by atoms with Gasteiger partial charge >= 0.3 is 0 Å². The number of hydrogen-bond donors (Lipinski definition) is 1. The molecule has 5 heteroatoms. The van der Waals surface area contributed by atoms with Crippen LogP contribution < -0.4 is 5.56 Å². The predicted molar refractivity (Wildman–Crippen MR) is 78.4 cm³/mol. The molecule has 0 spiro atoms. The lowest BCUT2D eigenvalue weighted by atomic mass is 10.1. The summed E-state index contributed by atoms with van der Waals surface area (Å²) in [5, 5.41) is 3.60. The second-order valence-electron chi connectivity index (χ2n) is 4.43. The number of aromatic nitrogens is 3. The van der Waals surface area contributed by atoms with Crippen LogP contribution in [0.3, 0.4) is 0 Å². The molecule has 0 radical (unpaired) electrons. The van der Waals surface area contributed by atoms with Gasteiger partial charge in [-0.05, 0) is 29.8 Å².